The van der Waals surface area contributed by atoms with Crippen LogP contribution >= 0.6 is 0 Å². The van der Waals surface area contributed by atoms with Gasteiger partial charge >= 0.3 is 12.2 Å². The summed E-state index contributed by atoms with van der Waals surface area (Å²) in [6.45, 7) is 3.98. The zero-order valence-corrected chi connectivity index (χ0v) is 15.5. The number of carbonyl (C=O) groups is 1. The molecular weight excluding hydrogens is 381 g/mol. The predicted molar refractivity (Wildman–Crippen MR) is 95.8 cm³/mol. The van der Waals surface area contributed by atoms with Crippen molar-refractivity contribution in [1.82, 2.24) is 4.72 Å². The van der Waals surface area contributed by atoms with Crippen molar-refractivity contribution in [3.63, 3.8) is 0 Å². The zero-order chi connectivity index (χ0) is 20.2. The summed E-state index contributed by atoms with van der Waals surface area (Å²) in [7, 11) is -4.16. The highest BCUT2D eigenvalue weighted by atomic mass is 32.2. The highest BCUT2D eigenvalue weighted by Crippen LogP contribution is 2.30. The van der Waals surface area contributed by atoms with Gasteiger partial charge in [-0.05, 0) is 48.2 Å². The van der Waals surface area contributed by atoms with E-state index in [2.05, 4.69) is 5.32 Å². The molecule has 0 bridgehead atoms. The Hall–Kier alpha value is -2.55. The summed E-state index contributed by atoms with van der Waals surface area (Å²) in [4.78, 5) is 11.8. The molecule has 0 fully saturated rings. The number of alkyl halides is 3. The maximum atomic E-state index is 12.7. The summed E-state index contributed by atoms with van der Waals surface area (Å²) < 4.78 is 64.6. The molecule has 0 aliphatic carbocycles. The molecular formula is C18H19F3N2O3S. The molecule has 2 aromatic carbocycles. The minimum atomic E-state index is -4.57. The van der Waals surface area contributed by atoms with Gasteiger partial charge in [0.25, 0.3) is 10.0 Å². The number of rotatable bonds is 5. The van der Waals surface area contributed by atoms with E-state index in [4.69, 9.17) is 0 Å². The quantitative estimate of drug-likeness (QED) is 0.780. The first-order chi connectivity index (χ1) is 12.5. The minimum Gasteiger partial charge on any atom is -0.307 e. The molecule has 5 nitrogen and oxygen atoms in total. The van der Waals surface area contributed by atoms with Crippen LogP contribution in [-0.4, -0.2) is 14.4 Å². The first-order valence-electron chi connectivity index (χ1n) is 8.07. The third kappa shape index (κ3) is 5.99. The van der Waals surface area contributed by atoms with Gasteiger partial charge in [0.2, 0.25) is 0 Å². The molecule has 0 saturated heterocycles. The van der Waals surface area contributed by atoms with Gasteiger partial charge < -0.3 is 5.32 Å². The van der Waals surface area contributed by atoms with Crippen LogP contribution in [0.15, 0.2) is 53.4 Å². The molecule has 9 heteroatoms. The molecule has 27 heavy (non-hydrogen) atoms. The largest absolute Gasteiger partial charge is 0.416 e. The highest BCUT2D eigenvalue weighted by molar-refractivity contribution is 7.90. The Morgan fingerprint density at radius 3 is 2.37 bits per heavy atom. The van der Waals surface area contributed by atoms with Gasteiger partial charge in [-0.25, -0.2) is 17.9 Å². The first kappa shape index (κ1) is 20.8. The number of nitrogens with one attached hydrogen (secondary N) is 2. The lowest BCUT2D eigenvalue weighted by Crippen LogP contribution is -2.34. The maximum absolute atomic E-state index is 12.7. The third-order valence-corrected chi connectivity index (χ3v) is 4.86. The van der Waals surface area contributed by atoms with Crippen LogP contribution in [0.2, 0.25) is 0 Å². The van der Waals surface area contributed by atoms with Crippen LogP contribution in [-0.2, 0) is 22.6 Å². The first-order valence-corrected chi connectivity index (χ1v) is 9.56. The monoisotopic (exact) mass is 400 g/mol. The Kier molecular flexibility index (Phi) is 6.15. The van der Waals surface area contributed by atoms with Crippen molar-refractivity contribution in [1.29, 1.82) is 0 Å². The fraction of sp³-hybridized carbons (Fsp3) is 0.278. The van der Waals surface area contributed by atoms with Gasteiger partial charge in [-0.2, -0.15) is 13.2 Å². The molecule has 0 unspecified atom stereocenters. The van der Waals surface area contributed by atoms with Crippen molar-refractivity contribution in [2.75, 3.05) is 5.32 Å². The molecule has 2 aromatic rings. The number of halogens is 3. The van der Waals surface area contributed by atoms with Crippen molar-refractivity contribution in [3.8, 4) is 0 Å². The lowest BCUT2D eigenvalue weighted by atomic mass is 10.0. The predicted octanol–water partition coefficient (Wildman–Crippen LogP) is 4.41. The number of urea groups is 1. The SMILES string of the molecule is CC(C)Cc1cccc(S(=O)(=O)NC(=O)Nc2cccc(C(F)(F)F)c2)c1. The summed E-state index contributed by atoms with van der Waals surface area (Å²) in [6, 6.07) is 8.90. The number of sulfonamides is 1. The van der Waals surface area contributed by atoms with Gasteiger partial charge in [-0.15, -0.1) is 0 Å². The van der Waals surface area contributed by atoms with Crippen molar-refractivity contribution >= 4 is 21.7 Å². The van der Waals surface area contributed by atoms with E-state index in [1.54, 1.807) is 16.9 Å². The van der Waals surface area contributed by atoms with Crippen molar-refractivity contribution in [2.24, 2.45) is 5.92 Å². The summed E-state index contributed by atoms with van der Waals surface area (Å²) in [5.74, 6) is 0.320. The number of anilines is 1. The second-order valence-electron chi connectivity index (χ2n) is 6.38. The van der Waals surface area contributed by atoms with Gasteiger partial charge in [0.15, 0.2) is 0 Å². The third-order valence-electron chi connectivity index (χ3n) is 3.53. The topological polar surface area (TPSA) is 75.3 Å². The molecule has 146 valence electrons. The van der Waals surface area contributed by atoms with E-state index >= 15 is 0 Å². The molecule has 0 aliphatic heterocycles. The maximum Gasteiger partial charge on any atom is 0.416 e. The smallest absolute Gasteiger partial charge is 0.307 e. The fourth-order valence-corrected chi connectivity index (χ4v) is 3.40. The Morgan fingerprint density at radius 2 is 1.74 bits per heavy atom. The Bertz CT molecular complexity index is 925. The molecule has 0 aromatic heterocycles. The van der Waals surface area contributed by atoms with E-state index in [1.807, 2.05) is 13.8 Å². The average molecular weight is 400 g/mol. The van der Waals surface area contributed by atoms with Crippen LogP contribution < -0.4 is 10.0 Å². The van der Waals surface area contributed by atoms with Gasteiger partial charge in [0, 0.05) is 5.69 Å². The second-order valence-corrected chi connectivity index (χ2v) is 8.07. The molecule has 0 radical (unpaired) electrons. The van der Waals surface area contributed by atoms with E-state index in [9.17, 15) is 26.4 Å². The summed E-state index contributed by atoms with van der Waals surface area (Å²) in [5, 5.41) is 2.10. The average Bonchev–Trinajstić information content (AvgIpc) is 2.53. The number of carbonyl (C=O) groups excluding carboxylic acids is 1. The van der Waals surface area contributed by atoms with Gasteiger partial charge in [0.05, 0.1) is 10.5 Å². The minimum absolute atomic E-state index is 0.0974. The van der Waals surface area contributed by atoms with Crippen LogP contribution in [0.1, 0.15) is 25.0 Å². The van der Waals surface area contributed by atoms with E-state index in [0.29, 0.717) is 12.3 Å². The van der Waals surface area contributed by atoms with E-state index in [-0.39, 0.29) is 10.6 Å². The number of hydrogen-bond donors (Lipinski definition) is 2. The zero-order valence-electron chi connectivity index (χ0n) is 14.7. The molecule has 2 rings (SSSR count). The second kappa shape index (κ2) is 7.99. The van der Waals surface area contributed by atoms with Gasteiger partial charge in [-0.1, -0.05) is 32.0 Å². The number of benzene rings is 2. The number of amides is 2. The van der Waals surface area contributed by atoms with E-state index < -0.39 is 27.8 Å². The van der Waals surface area contributed by atoms with Gasteiger partial charge in [0.1, 0.15) is 0 Å². The van der Waals surface area contributed by atoms with Crippen molar-refractivity contribution < 1.29 is 26.4 Å². The van der Waals surface area contributed by atoms with Crippen LogP contribution in [0, 0.1) is 5.92 Å². The standard InChI is InChI=1S/C18H19F3N2O3S/c1-12(2)9-13-5-3-8-16(10-13)27(25,26)23-17(24)22-15-7-4-6-14(11-15)18(19,20)21/h3-8,10-12H,9H2,1-2H3,(H2,22,23,24). The summed E-state index contributed by atoms with van der Waals surface area (Å²) in [6.07, 6.45) is -3.91. The number of hydrogen-bond acceptors (Lipinski definition) is 3. The normalized spacial score (nSPS) is 12.1. The lowest BCUT2D eigenvalue weighted by Gasteiger charge is -2.12. The Balaban J connectivity index is 2.13. The van der Waals surface area contributed by atoms with Crippen molar-refractivity contribution in [3.05, 3.63) is 59.7 Å². The highest BCUT2D eigenvalue weighted by Gasteiger charge is 2.30. The van der Waals surface area contributed by atoms with Crippen LogP contribution in [0.3, 0.4) is 0 Å². The fourth-order valence-electron chi connectivity index (χ4n) is 2.42. The molecule has 0 heterocycles. The lowest BCUT2D eigenvalue weighted by molar-refractivity contribution is -0.137. The molecule has 0 atom stereocenters. The van der Waals surface area contributed by atoms with Gasteiger partial charge in [-0.3, -0.25) is 0 Å². The van der Waals surface area contributed by atoms with Crippen LogP contribution in [0.5, 0.6) is 0 Å². The molecule has 2 amide bonds. The summed E-state index contributed by atoms with van der Waals surface area (Å²) in [5.41, 5.74) is -0.332. The summed E-state index contributed by atoms with van der Waals surface area (Å²) >= 11 is 0. The molecule has 0 spiro atoms. The Morgan fingerprint density at radius 1 is 1.07 bits per heavy atom. The molecule has 2 N–H and O–H groups in total. The van der Waals surface area contributed by atoms with Crippen LogP contribution in [0.25, 0.3) is 0 Å². The Labute approximate surface area is 155 Å². The van der Waals surface area contributed by atoms with Crippen LogP contribution in [0.4, 0.5) is 23.7 Å². The van der Waals surface area contributed by atoms with Crippen molar-refractivity contribution in [2.45, 2.75) is 31.3 Å². The van der Waals surface area contributed by atoms with E-state index in [1.165, 1.54) is 18.2 Å². The van der Waals surface area contributed by atoms with E-state index in [0.717, 1.165) is 23.8 Å². The molecule has 0 aliphatic rings. The molecule has 0 saturated carbocycles.